The van der Waals surface area contributed by atoms with Crippen LogP contribution < -0.4 is 0 Å². The van der Waals surface area contributed by atoms with Crippen LogP contribution in [0, 0.1) is 12.7 Å². The molecule has 2 aromatic rings. The van der Waals surface area contributed by atoms with Crippen molar-refractivity contribution in [2.45, 2.75) is 13.5 Å². The second-order valence-electron chi connectivity index (χ2n) is 4.73. The van der Waals surface area contributed by atoms with Crippen LogP contribution in [0.15, 0.2) is 46.9 Å². The van der Waals surface area contributed by atoms with Gasteiger partial charge in [-0.2, -0.15) is 0 Å². The molecule has 0 spiro atoms. The van der Waals surface area contributed by atoms with Crippen molar-refractivity contribution in [2.75, 3.05) is 7.05 Å². The van der Waals surface area contributed by atoms with Crippen LogP contribution >= 0.6 is 15.9 Å². The lowest BCUT2D eigenvalue weighted by Crippen LogP contribution is -2.26. The predicted octanol–water partition coefficient (Wildman–Crippen LogP) is 4.17. The van der Waals surface area contributed by atoms with E-state index in [0.29, 0.717) is 12.1 Å². The third kappa shape index (κ3) is 3.25. The van der Waals surface area contributed by atoms with Crippen LogP contribution in [0.5, 0.6) is 0 Å². The molecule has 2 nitrogen and oxygen atoms in total. The Morgan fingerprint density at radius 2 is 1.95 bits per heavy atom. The molecule has 0 fully saturated rings. The average Bonchev–Trinajstić information content (AvgIpc) is 2.41. The number of carbonyl (C=O) groups excluding carboxylic acids is 1. The van der Waals surface area contributed by atoms with Gasteiger partial charge in [-0.25, -0.2) is 4.39 Å². The summed E-state index contributed by atoms with van der Waals surface area (Å²) in [5.74, 6) is -0.384. The van der Waals surface area contributed by atoms with E-state index in [0.717, 1.165) is 15.6 Å². The van der Waals surface area contributed by atoms with Crippen molar-refractivity contribution in [1.29, 1.82) is 0 Å². The number of nitrogens with zero attached hydrogens (tertiary/aromatic N) is 1. The Morgan fingerprint density at radius 3 is 2.65 bits per heavy atom. The summed E-state index contributed by atoms with van der Waals surface area (Å²) in [6, 6.07) is 11.8. The van der Waals surface area contributed by atoms with Crippen molar-refractivity contribution in [3.05, 3.63) is 69.4 Å². The zero-order valence-corrected chi connectivity index (χ0v) is 12.9. The van der Waals surface area contributed by atoms with Gasteiger partial charge in [-0.1, -0.05) is 24.3 Å². The molecule has 2 aromatic carbocycles. The Kier molecular flexibility index (Phi) is 4.55. The average molecular weight is 336 g/mol. The van der Waals surface area contributed by atoms with E-state index in [4.69, 9.17) is 0 Å². The highest BCUT2D eigenvalue weighted by atomic mass is 79.9. The van der Waals surface area contributed by atoms with Crippen molar-refractivity contribution in [2.24, 2.45) is 0 Å². The monoisotopic (exact) mass is 335 g/mol. The Balaban J connectivity index is 2.19. The van der Waals surface area contributed by atoms with E-state index in [9.17, 15) is 9.18 Å². The molecule has 0 aliphatic rings. The summed E-state index contributed by atoms with van der Waals surface area (Å²) in [6.45, 7) is 2.31. The van der Waals surface area contributed by atoms with Gasteiger partial charge in [0.05, 0.1) is 5.56 Å². The summed E-state index contributed by atoms with van der Waals surface area (Å²) in [6.07, 6.45) is 0. The van der Waals surface area contributed by atoms with Crippen LogP contribution in [0.3, 0.4) is 0 Å². The highest BCUT2D eigenvalue weighted by Gasteiger charge is 2.16. The maximum atomic E-state index is 13.1. The molecular weight excluding hydrogens is 321 g/mol. The Bertz CT molecular complexity index is 642. The minimum absolute atomic E-state index is 0.0927. The molecular formula is C16H15BrFNO. The second kappa shape index (κ2) is 6.18. The molecule has 2 rings (SSSR count). The molecule has 0 heterocycles. The number of hydrogen-bond acceptors (Lipinski definition) is 1. The number of halogens is 2. The van der Waals surface area contributed by atoms with E-state index in [2.05, 4.69) is 15.9 Å². The first-order valence-corrected chi connectivity index (χ1v) is 7.03. The quantitative estimate of drug-likeness (QED) is 0.824. The van der Waals surface area contributed by atoms with Gasteiger partial charge < -0.3 is 4.90 Å². The molecule has 0 saturated heterocycles. The Labute approximate surface area is 126 Å². The molecule has 0 N–H and O–H groups in total. The number of hydrogen-bond donors (Lipinski definition) is 0. The highest BCUT2D eigenvalue weighted by molar-refractivity contribution is 9.10. The first kappa shape index (κ1) is 14.7. The fourth-order valence-corrected chi connectivity index (χ4v) is 2.43. The molecule has 0 aromatic heterocycles. The zero-order chi connectivity index (χ0) is 14.7. The first-order valence-electron chi connectivity index (χ1n) is 6.24. The third-order valence-electron chi connectivity index (χ3n) is 3.08. The maximum absolute atomic E-state index is 13.1. The third-order valence-corrected chi connectivity index (χ3v) is 4.13. The number of amides is 1. The molecule has 1 amide bonds. The highest BCUT2D eigenvalue weighted by Crippen LogP contribution is 2.22. The van der Waals surface area contributed by atoms with Gasteiger partial charge in [0.2, 0.25) is 0 Å². The summed E-state index contributed by atoms with van der Waals surface area (Å²) in [7, 11) is 1.71. The molecule has 0 saturated carbocycles. The molecule has 104 valence electrons. The van der Waals surface area contributed by atoms with E-state index < -0.39 is 0 Å². The standard InChI is InChI=1S/C16H15BrFNO/c1-11-5-3-8-14(15(11)17)16(20)19(2)10-12-6-4-7-13(18)9-12/h3-9H,10H2,1-2H3. The van der Waals surface area contributed by atoms with Crippen molar-refractivity contribution in [1.82, 2.24) is 4.90 Å². The van der Waals surface area contributed by atoms with Crippen molar-refractivity contribution < 1.29 is 9.18 Å². The lowest BCUT2D eigenvalue weighted by atomic mass is 10.1. The first-order chi connectivity index (χ1) is 9.49. The van der Waals surface area contributed by atoms with Gasteiger partial charge in [0.25, 0.3) is 5.91 Å². The van der Waals surface area contributed by atoms with Crippen molar-refractivity contribution >= 4 is 21.8 Å². The minimum atomic E-state index is -0.292. The minimum Gasteiger partial charge on any atom is -0.337 e. The molecule has 20 heavy (non-hydrogen) atoms. The van der Waals surface area contributed by atoms with Crippen LogP contribution in [-0.4, -0.2) is 17.9 Å². The van der Waals surface area contributed by atoms with Gasteiger partial charge in [-0.05, 0) is 52.2 Å². The summed E-state index contributed by atoms with van der Waals surface area (Å²) >= 11 is 3.44. The van der Waals surface area contributed by atoms with E-state index in [1.54, 1.807) is 30.1 Å². The van der Waals surface area contributed by atoms with Crippen molar-refractivity contribution in [3.63, 3.8) is 0 Å². The Hall–Kier alpha value is -1.68. The number of benzene rings is 2. The second-order valence-corrected chi connectivity index (χ2v) is 5.52. The van der Waals surface area contributed by atoms with E-state index in [-0.39, 0.29) is 11.7 Å². The van der Waals surface area contributed by atoms with E-state index in [1.807, 2.05) is 19.1 Å². The van der Waals surface area contributed by atoms with Crippen LogP contribution in [0.25, 0.3) is 0 Å². The van der Waals surface area contributed by atoms with E-state index in [1.165, 1.54) is 12.1 Å². The zero-order valence-electron chi connectivity index (χ0n) is 11.4. The molecule has 0 bridgehead atoms. The lowest BCUT2D eigenvalue weighted by Gasteiger charge is -2.18. The molecule has 0 atom stereocenters. The Morgan fingerprint density at radius 1 is 1.25 bits per heavy atom. The van der Waals surface area contributed by atoms with Gasteiger partial charge in [-0.3, -0.25) is 4.79 Å². The number of aryl methyl sites for hydroxylation is 1. The van der Waals surface area contributed by atoms with Gasteiger partial charge in [0.1, 0.15) is 5.82 Å². The van der Waals surface area contributed by atoms with Gasteiger partial charge >= 0.3 is 0 Å². The van der Waals surface area contributed by atoms with Crippen LogP contribution in [0.2, 0.25) is 0 Å². The fourth-order valence-electron chi connectivity index (χ4n) is 2.00. The van der Waals surface area contributed by atoms with Gasteiger partial charge in [0.15, 0.2) is 0 Å². The van der Waals surface area contributed by atoms with Gasteiger partial charge in [-0.15, -0.1) is 0 Å². The van der Waals surface area contributed by atoms with Crippen LogP contribution in [-0.2, 0) is 6.54 Å². The van der Waals surface area contributed by atoms with Crippen LogP contribution in [0.1, 0.15) is 21.5 Å². The number of rotatable bonds is 3. The smallest absolute Gasteiger partial charge is 0.255 e. The molecule has 0 aliphatic carbocycles. The topological polar surface area (TPSA) is 20.3 Å². The molecule has 0 aliphatic heterocycles. The maximum Gasteiger partial charge on any atom is 0.255 e. The largest absolute Gasteiger partial charge is 0.337 e. The normalized spacial score (nSPS) is 10.4. The summed E-state index contributed by atoms with van der Waals surface area (Å²) in [4.78, 5) is 14.0. The summed E-state index contributed by atoms with van der Waals surface area (Å²) < 4.78 is 13.9. The fraction of sp³-hybridized carbons (Fsp3) is 0.188. The lowest BCUT2D eigenvalue weighted by molar-refractivity contribution is 0.0784. The summed E-state index contributed by atoms with van der Waals surface area (Å²) in [5, 5.41) is 0. The molecule has 4 heteroatoms. The summed E-state index contributed by atoms with van der Waals surface area (Å²) in [5.41, 5.74) is 2.39. The predicted molar refractivity (Wildman–Crippen MR) is 81.1 cm³/mol. The van der Waals surface area contributed by atoms with Crippen LogP contribution in [0.4, 0.5) is 4.39 Å². The SMILES string of the molecule is Cc1cccc(C(=O)N(C)Cc2cccc(F)c2)c1Br. The van der Waals surface area contributed by atoms with Crippen molar-refractivity contribution in [3.8, 4) is 0 Å². The van der Waals surface area contributed by atoms with E-state index >= 15 is 0 Å². The van der Waals surface area contributed by atoms with Gasteiger partial charge in [0, 0.05) is 18.1 Å². The number of carbonyl (C=O) groups is 1. The molecule has 0 radical (unpaired) electrons. The molecule has 0 unspecified atom stereocenters.